The zero-order chi connectivity index (χ0) is 14.4. The molecule has 1 saturated carbocycles. The van der Waals surface area contributed by atoms with E-state index in [0.717, 1.165) is 29.6 Å². The van der Waals surface area contributed by atoms with Gasteiger partial charge in [-0.25, -0.2) is 0 Å². The molecule has 1 N–H and O–H groups in total. The lowest BCUT2D eigenvalue weighted by Crippen LogP contribution is -2.22. The van der Waals surface area contributed by atoms with Gasteiger partial charge in [-0.1, -0.05) is 12.8 Å². The van der Waals surface area contributed by atoms with Gasteiger partial charge in [0, 0.05) is 18.2 Å². The van der Waals surface area contributed by atoms with E-state index in [9.17, 15) is 0 Å². The van der Waals surface area contributed by atoms with Gasteiger partial charge >= 0.3 is 0 Å². The molecule has 0 amide bonds. The molecule has 1 atom stereocenters. The van der Waals surface area contributed by atoms with Gasteiger partial charge in [-0.15, -0.1) is 0 Å². The summed E-state index contributed by atoms with van der Waals surface area (Å²) in [6.45, 7) is 1.51. The van der Waals surface area contributed by atoms with Crippen molar-refractivity contribution in [2.75, 3.05) is 34.5 Å². The van der Waals surface area contributed by atoms with Crippen molar-refractivity contribution in [1.82, 2.24) is 5.32 Å². The highest BCUT2D eigenvalue weighted by atomic mass is 16.5. The normalized spacial score (nSPS) is 15.9. The lowest BCUT2D eigenvalue weighted by molar-refractivity contribution is 0.107. The maximum Gasteiger partial charge on any atom is 0.127 e. The monoisotopic (exact) mass is 279 g/mol. The van der Waals surface area contributed by atoms with E-state index in [2.05, 4.69) is 5.32 Å². The molecule has 0 heterocycles. The average Bonchev–Trinajstić information content (AvgIpc) is 3.31. The number of hydrogen-bond acceptors (Lipinski definition) is 4. The van der Waals surface area contributed by atoms with Crippen LogP contribution in [0.25, 0.3) is 0 Å². The number of nitrogens with one attached hydrogen (secondary N) is 1. The number of ether oxygens (including phenoxy) is 3. The Morgan fingerprint density at radius 2 is 2.05 bits per heavy atom. The standard InChI is InChI=1S/C16H25NO3/c1-17-15(11-20-9-8-12-4-5-12)14-7-6-13(18-2)10-16(14)19-3/h6-7,10,12,15,17H,4-5,8-9,11H2,1-3H3. The van der Waals surface area contributed by atoms with Crippen molar-refractivity contribution in [3.63, 3.8) is 0 Å². The Morgan fingerprint density at radius 1 is 1.25 bits per heavy atom. The van der Waals surface area contributed by atoms with Crippen molar-refractivity contribution in [3.05, 3.63) is 23.8 Å². The van der Waals surface area contributed by atoms with E-state index in [4.69, 9.17) is 14.2 Å². The third kappa shape index (κ3) is 4.12. The van der Waals surface area contributed by atoms with E-state index in [0.29, 0.717) is 6.61 Å². The van der Waals surface area contributed by atoms with Gasteiger partial charge in [0.15, 0.2) is 0 Å². The summed E-state index contributed by atoms with van der Waals surface area (Å²) in [7, 11) is 5.28. The summed E-state index contributed by atoms with van der Waals surface area (Å²) in [6, 6.07) is 6.02. The molecule has 1 aromatic carbocycles. The third-order valence-corrected chi connectivity index (χ3v) is 3.82. The minimum Gasteiger partial charge on any atom is -0.497 e. The summed E-state index contributed by atoms with van der Waals surface area (Å²) in [4.78, 5) is 0. The summed E-state index contributed by atoms with van der Waals surface area (Å²) in [6.07, 6.45) is 3.95. The smallest absolute Gasteiger partial charge is 0.127 e. The zero-order valence-electron chi connectivity index (χ0n) is 12.6. The molecule has 1 fully saturated rings. The minimum absolute atomic E-state index is 0.134. The number of methoxy groups -OCH3 is 2. The second kappa shape index (κ2) is 7.50. The van der Waals surface area contributed by atoms with E-state index in [1.54, 1.807) is 14.2 Å². The number of hydrogen-bond donors (Lipinski definition) is 1. The van der Waals surface area contributed by atoms with Crippen molar-refractivity contribution in [2.45, 2.75) is 25.3 Å². The number of likely N-dealkylation sites (N-methyl/N-ethyl adjacent to an activating group) is 1. The minimum atomic E-state index is 0.134. The quantitative estimate of drug-likeness (QED) is 0.706. The largest absolute Gasteiger partial charge is 0.497 e. The van der Waals surface area contributed by atoms with Gasteiger partial charge in [-0.3, -0.25) is 0 Å². The molecule has 4 heteroatoms. The molecule has 1 aromatic rings. The van der Waals surface area contributed by atoms with Crippen LogP contribution in [-0.4, -0.2) is 34.5 Å². The van der Waals surface area contributed by atoms with Crippen LogP contribution in [0.5, 0.6) is 11.5 Å². The fourth-order valence-corrected chi connectivity index (χ4v) is 2.29. The second-order valence-electron chi connectivity index (χ2n) is 5.26. The lowest BCUT2D eigenvalue weighted by atomic mass is 10.1. The molecule has 0 aromatic heterocycles. The second-order valence-corrected chi connectivity index (χ2v) is 5.26. The molecule has 0 bridgehead atoms. The first-order valence-electron chi connectivity index (χ1n) is 7.25. The van der Waals surface area contributed by atoms with E-state index < -0.39 is 0 Å². The van der Waals surface area contributed by atoms with E-state index in [1.807, 2.05) is 25.2 Å². The lowest BCUT2D eigenvalue weighted by Gasteiger charge is -2.20. The summed E-state index contributed by atoms with van der Waals surface area (Å²) in [5, 5.41) is 3.29. The van der Waals surface area contributed by atoms with Crippen LogP contribution in [0, 0.1) is 5.92 Å². The van der Waals surface area contributed by atoms with Gasteiger partial charge in [-0.05, 0) is 31.5 Å². The molecule has 2 rings (SSSR count). The molecule has 20 heavy (non-hydrogen) atoms. The first-order valence-corrected chi connectivity index (χ1v) is 7.25. The Kier molecular flexibility index (Phi) is 5.68. The Hall–Kier alpha value is -1.26. The predicted octanol–water partition coefficient (Wildman–Crippen LogP) is 2.78. The Bertz CT molecular complexity index is 418. The van der Waals surface area contributed by atoms with E-state index in [-0.39, 0.29) is 6.04 Å². The van der Waals surface area contributed by atoms with E-state index >= 15 is 0 Å². The first-order chi connectivity index (χ1) is 9.78. The maximum atomic E-state index is 5.80. The average molecular weight is 279 g/mol. The van der Waals surface area contributed by atoms with Crippen molar-refractivity contribution >= 4 is 0 Å². The highest BCUT2D eigenvalue weighted by Gasteiger charge is 2.21. The Morgan fingerprint density at radius 3 is 2.65 bits per heavy atom. The van der Waals surface area contributed by atoms with Crippen LogP contribution in [0.2, 0.25) is 0 Å². The molecule has 0 saturated heterocycles. The molecular weight excluding hydrogens is 254 g/mol. The molecule has 0 aliphatic heterocycles. The van der Waals surface area contributed by atoms with Crippen molar-refractivity contribution in [1.29, 1.82) is 0 Å². The molecule has 1 aliphatic carbocycles. The topological polar surface area (TPSA) is 39.7 Å². The third-order valence-electron chi connectivity index (χ3n) is 3.82. The number of rotatable bonds is 9. The van der Waals surface area contributed by atoms with Crippen molar-refractivity contribution in [3.8, 4) is 11.5 Å². The molecule has 112 valence electrons. The van der Waals surface area contributed by atoms with Gasteiger partial charge < -0.3 is 19.5 Å². The summed E-state index contributed by atoms with van der Waals surface area (Å²) < 4.78 is 16.5. The number of benzene rings is 1. The van der Waals surface area contributed by atoms with Gasteiger partial charge in [0.1, 0.15) is 11.5 Å². The fourth-order valence-electron chi connectivity index (χ4n) is 2.29. The maximum absolute atomic E-state index is 5.80. The summed E-state index contributed by atoms with van der Waals surface area (Å²) in [5.74, 6) is 2.54. The van der Waals surface area contributed by atoms with E-state index in [1.165, 1.54) is 19.3 Å². The van der Waals surface area contributed by atoms with Gasteiger partial charge in [0.05, 0.1) is 26.9 Å². The zero-order valence-corrected chi connectivity index (χ0v) is 12.6. The van der Waals surface area contributed by atoms with Crippen LogP contribution in [0.3, 0.4) is 0 Å². The first kappa shape index (κ1) is 15.1. The van der Waals surface area contributed by atoms with Gasteiger partial charge in [0.2, 0.25) is 0 Å². The summed E-state index contributed by atoms with van der Waals surface area (Å²) in [5.41, 5.74) is 1.10. The molecule has 0 radical (unpaired) electrons. The van der Waals surface area contributed by atoms with Crippen LogP contribution in [-0.2, 0) is 4.74 Å². The highest BCUT2D eigenvalue weighted by molar-refractivity contribution is 5.42. The van der Waals surface area contributed by atoms with Crippen LogP contribution < -0.4 is 14.8 Å². The highest BCUT2D eigenvalue weighted by Crippen LogP contribution is 2.32. The SMILES string of the molecule is CNC(COCCC1CC1)c1ccc(OC)cc1OC. The van der Waals surface area contributed by atoms with Crippen LogP contribution in [0.1, 0.15) is 30.9 Å². The molecule has 0 spiro atoms. The summed E-state index contributed by atoms with van der Waals surface area (Å²) >= 11 is 0. The van der Waals surface area contributed by atoms with Crippen LogP contribution in [0.15, 0.2) is 18.2 Å². The van der Waals surface area contributed by atoms with Crippen LogP contribution >= 0.6 is 0 Å². The van der Waals surface area contributed by atoms with Gasteiger partial charge in [0.25, 0.3) is 0 Å². The predicted molar refractivity (Wildman–Crippen MR) is 79.5 cm³/mol. The van der Waals surface area contributed by atoms with Crippen molar-refractivity contribution < 1.29 is 14.2 Å². The Balaban J connectivity index is 1.94. The van der Waals surface area contributed by atoms with Crippen molar-refractivity contribution in [2.24, 2.45) is 5.92 Å². The molecule has 1 unspecified atom stereocenters. The van der Waals surface area contributed by atoms with Gasteiger partial charge in [-0.2, -0.15) is 0 Å². The molecule has 1 aliphatic rings. The molecule has 4 nitrogen and oxygen atoms in total. The fraction of sp³-hybridized carbons (Fsp3) is 0.625. The molecular formula is C16H25NO3. The Labute approximate surface area is 121 Å². The van der Waals surface area contributed by atoms with Crippen LogP contribution in [0.4, 0.5) is 0 Å².